The van der Waals surface area contributed by atoms with E-state index in [1.807, 2.05) is 19.1 Å². The van der Waals surface area contributed by atoms with Crippen molar-refractivity contribution in [2.45, 2.75) is 6.92 Å². The second-order valence-electron chi connectivity index (χ2n) is 6.19. The quantitative estimate of drug-likeness (QED) is 0.636. The van der Waals surface area contributed by atoms with Gasteiger partial charge in [-0.05, 0) is 46.6 Å². The first-order valence-corrected chi connectivity index (χ1v) is 9.30. The van der Waals surface area contributed by atoms with Crippen LogP contribution in [0.4, 0.5) is 10.2 Å². The number of hydrogen-bond donors (Lipinski definition) is 1. The van der Waals surface area contributed by atoms with E-state index >= 15 is 0 Å². The highest BCUT2D eigenvalue weighted by Gasteiger charge is 2.16. The Morgan fingerprint density at radius 2 is 1.82 bits per heavy atom. The molecule has 1 aliphatic rings. The summed E-state index contributed by atoms with van der Waals surface area (Å²) in [4.78, 5) is 12.8. The number of pyridine rings is 1. The van der Waals surface area contributed by atoms with Gasteiger partial charge in [-0.1, -0.05) is 6.58 Å². The normalized spacial score (nSPS) is 12.5. The Morgan fingerprint density at radius 1 is 1.07 bits per heavy atom. The van der Waals surface area contributed by atoms with Gasteiger partial charge in [0.2, 0.25) is 0 Å². The molecule has 3 heterocycles. The molecule has 6 nitrogen and oxygen atoms in total. The molecule has 0 amide bonds. The Kier molecular flexibility index (Phi) is 4.95. The van der Waals surface area contributed by atoms with Crippen molar-refractivity contribution < 1.29 is 13.9 Å². The minimum atomic E-state index is -0.483. The molecule has 0 radical (unpaired) electrons. The molecule has 0 spiro atoms. The molecule has 0 atom stereocenters. The van der Waals surface area contributed by atoms with Crippen LogP contribution in [0.1, 0.15) is 11.3 Å². The van der Waals surface area contributed by atoms with Crippen LogP contribution in [0.15, 0.2) is 47.8 Å². The Labute approximate surface area is 169 Å². The van der Waals surface area contributed by atoms with Crippen LogP contribution in [-0.2, 0) is 0 Å². The number of halogens is 2. The first kappa shape index (κ1) is 18.4. The standard InChI is InChI=1S/C20H16BrFN4O2/c1-11-5-17-18(28-4-3-27-17)7-14(11)16-9-24-19(10-23-16)26-12(2)20-15(22)6-13(21)8-25-20/h5-10H,2-4H2,1H3,(H,24,26). The average Bonchev–Trinajstić information content (AvgIpc) is 2.68. The smallest absolute Gasteiger partial charge is 0.162 e. The topological polar surface area (TPSA) is 69.2 Å². The van der Waals surface area contributed by atoms with Gasteiger partial charge in [0.25, 0.3) is 0 Å². The zero-order valence-corrected chi connectivity index (χ0v) is 16.6. The molecule has 0 saturated heterocycles. The molecule has 8 heteroatoms. The summed E-state index contributed by atoms with van der Waals surface area (Å²) in [5.74, 6) is 1.39. The van der Waals surface area contributed by atoms with Crippen molar-refractivity contribution in [3.8, 4) is 22.8 Å². The average molecular weight is 443 g/mol. The third-order valence-electron chi connectivity index (χ3n) is 4.19. The molecule has 1 aromatic carbocycles. The van der Waals surface area contributed by atoms with E-state index in [1.165, 1.54) is 12.3 Å². The molecule has 0 saturated carbocycles. The Hall–Kier alpha value is -3.00. The number of nitrogens with one attached hydrogen (secondary N) is 1. The Balaban J connectivity index is 1.55. The van der Waals surface area contributed by atoms with Crippen molar-refractivity contribution in [2.24, 2.45) is 0 Å². The van der Waals surface area contributed by atoms with Gasteiger partial charge in [0.05, 0.1) is 23.8 Å². The van der Waals surface area contributed by atoms with Gasteiger partial charge in [0.15, 0.2) is 17.3 Å². The van der Waals surface area contributed by atoms with E-state index in [4.69, 9.17) is 9.47 Å². The zero-order valence-electron chi connectivity index (χ0n) is 15.0. The van der Waals surface area contributed by atoms with Crippen LogP contribution in [-0.4, -0.2) is 28.2 Å². The summed E-state index contributed by atoms with van der Waals surface area (Å²) in [6.07, 6.45) is 4.71. The second kappa shape index (κ2) is 7.55. The van der Waals surface area contributed by atoms with Gasteiger partial charge >= 0.3 is 0 Å². The van der Waals surface area contributed by atoms with Crippen molar-refractivity contribution in [3.63, 3.8) is 0 Å². The van der Waals surface area contributed by atoms with Crippen LogP contribution in [0, 0.1) is 12.7 Å². The maximum Gasteiger partial charge on any atom is 0.162 e. The third kappa shape index (κ3) is 3.68. The van der Waals surface area contributed by atoms with E-state index in [0.29, 0.717) is 40.6 Å². The van der Waals surface area contributed by atoms with Gasteiger partial charge in [0.1, 0.15) is 24.7 Å². The lowest BCUT2D eigenvalue weighted by Gasteiger charge is -2.20. The molecule has 0 bridgehead atoms. The van der Waals surface area contributed by atoms with Gasteiger partial charge in [-0.3, -0.25) is 9.97 Å². The fourth-order valence-electron chi connectivity index (χ4n) is 2.85. The zero-order chi connectivity index (χ0) is 19.7. The van der Waals surface area contributed by atoms with Crippen molar-refractivity contribution >= 4 is 27.4 Å². The molecule has 0 aliphatic carbocycles. The summed E-state index contributed by atoms with van der Waals surface area (Å²) in [5.41, 5.74) is 3.02. The van der Waals surface area contributed by atoms with Gasteiger partial charge < -0.3 is 14.8 Å². The second-order valence-corrected chi connectivity index (χ2v) is 7.10. The summed E-state index contributed by atoms with van der Waals surface area (Å²) in [6.45, 7) is 6.87. The number of ether oxygens (including phenoxy) is 2. The number of aromatic nitrogens is 3. The summed E-state index contributed by atoms with van der Waals surface area (Å²) in [5, 5.41) is 2.93. The largest absolute Gasteiger partial charge is 0.486 e. The predicted molar refractivity (Wildman–Crippen MR) is 108 cm³/mol. The number of aryl methyl sites for hydroxylation is 1. The minimum Gasteiger partial charge on any atom is -0.486 e. The van der Waals surface area contributed by atoms with Crippen molar-refractivity contribution in [1.82, 2.24) is 15.0 Å². The number of anilines is 1. The fraction of sp³-hybridized carbons (Fsp3) is 0.150. The maximum atomic E-state index is 14.0. The molecular weight excluding hydrogens is 427 g/mol. The summed E-state index contributed by atoms with van der Waals surface area (Å²) in [6, 6.07) is 5.16. The van der Waals surface area contributed by atoms with Gasteiger partial charge in [-0.15, -0.1) is 0 Å². The van der Waals surface area contributed by atoms with Crippen molar-refractivity contribution in [1.29, 1.82) is 0 Å². The van der Waals surface area contributed by atoms with Gasteiger partial charge in [-0.25, -0.2) is 9.37 Å². The minimum absolute atomic E-state index is 0.122. The molecule has 0 fully saturated rings. The molecule has 1 N–H and O–H groups in total. The van der Waals surface area contributed by atoms with Crippen molar-refractivity contribution in [2.75, 3.05) is 18.5 Å². The maximum absolute atomic E-state index is 14.0. The third-order valence-corrected chi connectivity index (χ3v) is 4.62. The first-order chi connectivity index (χ1) is 13.5. The highest BCUT2D eigenvalue weighted by atomic mass is 79.9. The summed E-state index contributed by atoms with van der Waals surface area (Å²) in [7, 11) is 0. The monoisotopic (exact) mass is 442 g/mol. The number of rotatable bonds is 4. The van der Waals surface area contributed by atoms with E-state index in [9.17, 15) is 4.39 Å². The Morgan fingerprint density at radius 3 is 2.50 bits per heavy atom. The summed E-state index contributed by atoms with van der Waals surface area (Å²) < 4.78 is 25.8. The highest BCUT2D eigenvalue weighted by molar-refractivity contribution is 9.10. The van der Waals surface area contributed by atoms with Crippen LogP contribution < -0.4 is 14.8 Å². The molecule has 1 aliphatic heterocycles. The van der Waals surface area contributed by atoms with E-state index in [0.717, 1.165) is 16.9 Å². The predicted octanol–water partition coefficient (Wildman–Crippen LogP) is 4.60. The SMILES string of the molecule is C=C(Nc1cnc(-c2cc3c(cc2C)OCCO3)cn1)c1ncc(Br)cc1F. The van der Waals surface area contributed by atoms with Gasteiger partial charge in [-0.2, -0.15) is 0 Å². The number of fused-ring (bicyclic) bond motifs is 1. The molecule has 28 heavy (non-hydrogen) atoms. The molecule has 142 valence electrons. The highest BCUT2D eigenvalue weighted by Crippen LogP contribution is 2.36. The fourth-order valence-corrected chi connectivity index (χ4v) is 3.15. The van der Waals surface area contributed by atoms with E-state index in [2.05, 4.69) is 42.8 Å². The van der Waals surface area contributed by atoms with E-state index in [1.54, 1.807) is 12.4 Å². The van der Waals surface area contributed by atoms with Crippen LogP contribution in [0.2, 0.25) is 0 Å². The lowest BCUT2D eigenvalue weighted by Crippen LogP contribution is -2.15. The van der Waals surface area contributed by atoms with E-state index in [-0.39, 0.29) is 5.69 Å². The van der Waals surface area contributed by atoms with Crippen LogP contribution in [0.5, 0.6) is 11.5 Å². The lowest BCUT2D eigenvalue weighted by atomic mass is 10.0. The molecular formula is C20H16BrFN4O2. The first-order valence-electron chi connectivity index (χ1n) is 8.51. The number of hydrogen-bond acceptors (Lipinski definition) is 6. The number of nitrogens with zero attached hydrogens (tertiary/aromatic N) is 3. The van der Waals surface area contributed by atoms with Crippen LogP contribution in [0.3, 0.4) is 0 Å². The van der Waals surface area contributed by atoms with E-state index < -0.39 is 5.82 Å². The molecule has 0 unspecified atom stereocenters. The van der Waals surface area contributed by atoms with Gasteiger partial charge in [0, 0.05) is 16.2 Å². The van der Waals surface area contributed by atoms with Crippen LogP contribution in [0.25, 0.3) is 17.0 Å². The lowest BCUT2D eigenvalue weighted by molar-refractivity contribution is 0.171. The molecule has 2 aromatic heterocycles. The summed E-state index contributed by atoms with van der Waals surface area (Å²) >= 11 is 3.18. The number of benzene rings is 1. The molecule has 4 rings (SSSR count). The van der Waals surface area contributed by atoms with Crippen LogP contribution >= 0.6 is 15.9 Å². The Bertz CT molecular complexity index is 1060. The molecule has 3 aromatic rings. The van der Waals surface area contributed by atoms with Crippen molar-refractivity contribution in [3.05, 3.63) is 64.9 Å².